The summed E-state index contributed by atoms with van der Waals surface area (Å²) in [6.45, 7) is 3.91. The van der Waals surface area contributed by atoms with E-state index in [1.54, 1.807) is 6.92 Å². The van der Waals surface area contributed by atoms with E-state index in [1.165, 1.54) is 0 Å². The van der Waals surface area contributed by atoms with Gasteiger partial charge in [-0.05, 0) is 0 Å². The van der Waals surface area contributed by atoms with E-state index in [4.69, 9.17) is 9.47 Å². The average molecular weight is 265 g/mol. The zero-order chi connectivity index (χ0) is 12.7. The summed E-state index contributed by atoms with van der Waals surface area (Å²) < 4.78 is 32.2. The van der Waals surface area contributed by atoms with Crippen LogP contribution in [0.5, 0.6) is 0 Å². The predicted molar refractivity (Wildman–Crippen MR) is 62.3 cm³/mol. The van der Waals surface area contributed by atoms with Crippen LogP contribution in [0.1, 0.15) is 13.3 Å². The maximum Gasteiger partial charge on any atom is 0.307 e. The van der Waals surface area contributed by atoms with Crippen molar-refractivity contribution in [2.75, 3.05) is 44.5 Å². The average Bonchev–Trinajstić information content (AvgIpc) is 2.30. The zero-order valence-corrected chi connectivity index (χ0v) is 10.9. The Kier molecular flexibility index (Phi) is 5.87. The lowest BCUT2D eigenvalue weighted by atomic mass is 10.5. The summed E-state index contributed by atoms with van der Waals surface area (Å²) in [4.78, 5) is 12.8. The van der Waals surface area contributed by atoms with E-state index in [2.05, 4.69) is 0 Å². The third kappa shape index (κ3) is 5.99. The van der Waals surface area contributed by atoms with Gasteiger partial charge in [0.2, 0.25) is 0 Å². The molecule has 0 saturated carbocycles. The van der Waals surface area contributed by atoms with Crippen LogP contribution in [0.3, 0.4) is 0 Å². The molecule has 0 aromatic rings. The Morgan fingerprint density at radius 2 is 1.94 bits per heavy atom. The van der Waals surface area contributed by atoms with Gasteiger partial charge in [0.1, 0.15) is 0 Å². The van der Waals surface area contributed by atoms with Gasteiger partial charge in [-0.3, -0.25) is 9.69 Å². The van der Waals surface area contributed by atoms with Gasteiger partial charge in [0.25, 0.3) is 0 Å². The summed E-state index contributed by atoms with van der Waals surface area (Å²) in [5, 5.41) is 0. The molecule has 0 radical (unpaired) electrons. The highest BCUT2D eigenvalue weighted by molar-refractivity contribution is 7.91. The minimum absolute atomic E-state index is 0.0290. The van der Waals surface area contributed by atoms with Crippen molar-refractivity contribution in [3.05, 3.63) is 0 Å². The van der Waals surface area contributed by atoms with Gasteiger partial charge in [-0.25, -0.2) is 8.42 Å². The van der Waals surface area contributed by atoms with E-state index in [9.17, 15) is 13.2 Å². The Bertz CT molecular complexity index is 327. The molecule has 0 aromatic carbocycles. The Hall–Kier alpha value is -0.660. The highest BCUT2D eigenvalue weighted by Gasteiger charge is 2.20. The van der Waals surface area contributed by atoms with E-state index >= 15 is 0 Å². The molecule has 0 aliphatic carbocycles. The molecule has 1 rings (SSSR count). The smallest absolute Gasteiger partial charge is 0.307 e. The molecule has 0 atom stereocenters. The summed E-state index contributed by atoms with van der Waals surface area (Å²) in [5.41, 5.74) is 0. The van der Waals surface area contributed by atoms with Crippen molar-refractivity contribution >= 4 is 15.8 Å². The Morgan fingerprint density at radius 3 is 2.53 bits per heavy atom. The Balaban J connectivity index is 2.03. The maximum atomic E-state index is 11.2. The number of carbonyl (C=O) groups excluding carboxylic acids is 1. The van der Waals surface area contributed by atoms with Gasteiger partial charge in [0.15, 0.2) is 16.6 Å². The number of carbonyl (C=O) groups is 1. The Labute approximate surface area is 102 Å². The third-order valence-corrected chi connectivity index (χ3v) is 4.19. The molecule has 0 amide bonds. The molecule has 1 fully saturated rings. The number of hydrogen-bond acceptors (Lipinski definition) is 6. The number of esters is 1. The molecule has 6 nitrogen and oxygen atoms in total. The van der Waals surface area contributed by atoms with Gasteiger partial charge >= 0.3 is 5.97 Å². The number of nitrogens with zero attached hydrogens (tertiary/aromatic N) is 1. The molecule has 17 heavy (non-hydrogen) atoms. The van der Waals surface area contributed by atoms with Crippen molar-refractivity contribution in [2.24, 2.45) is 0 Å². The highest BCUT2D eigenvalue weighted by Crippen LogP contribution is 2.02. The van der Waals surface area contributed by atoms with Gasteiger partial charge in [0, 0.05) is 26.1 Å². The van der Waals surface area contributed by atoms with E-state index in [1.807, 2.05) is 4.90 Å². The van der Waals surface area contributed by atoms with Crippen LogP contribution in [0.15, 0.2) is 0 Å². The van der Waals surface area contributed by atoms with E-state index in [-0.39, 0.29) is 24.3 Å². The molecule has 1 aliphatic heterocycles. The van der Waals surface area contributed by atoms with Crippen molar-refractivity contribution in [3.63, 3.8) is 0 Å². The first-order valence-corrected chi connectivity index (χ1v) is 7.52. The van der Waals surface area contributed by atoms with Crippen molar-refractivity contribution in [1.29, 1.82) is 0 Å². The Morgan fingerprint density at radius 1 is 1.29 bits per heavy atom. The molecule has 0 bridgehead atoms. The first kappa shape index (κ1) is 14.4. The SMILES string of the molecule is CCC(=O)OCOCCN1CCS(=O)(=O)CC1. The van der Waals surface area contributed by atoms with Gasteiger partial charge in [-0.15, -0.1) is 0 Å². The summed E-state index contributed by atoms with van der Waals surface area (Å²) in [7, 11) is -2.82. The standard InChI is InChI=1S/C10H19NO5S/c1-2-10(12)16-9-15-6-3-11-4-7-17(13,14)8-5-11/h2-9H2,1H3. The van der Waals surface area contributed by atoms with E-state index in [0.717, 1.165) is 0 Å². The molecule has 1 heterocycles. The normalized spacial score (nSPS) is 20.1. The van der Waals surface area contributed by atoms with Crippen LogP contribution in [0.2, 0.25) is 0 Å². The van der Waals surface area contributed by atoms with Crippen molar-refractivity contribution in [3.8, 4) is 0 Å². The quantitative estimate of drug-likeness (QED) is 0.371. The summed E-state index contributed by atoms with van der Waals surface area (Å²) in [6, 6.07) is 0. The first-order chi connectivity index (χ1) is 8.03. The third-order valence-electron chi connectivity index (χ3n) is 2.58. The van der Waals surface area contributed by atoms with Gasteiger partial charge < -0.3 is 9.47 Å². The summed E-state index contributed by atoms with van der Waals surface area (Å²) >= 11 is 0. The van der Waals surface area contributed by atoms with Crippen molar-refractivity contribution in [1.82, 2.24) is 4.90 Å². The second kappa shape index (κ2) is 6.93. The molecule has 0 unspecified atom stereocenters. The molecule has 7 heteroatoms. The fourth-order valence-electron chi connectivity index (χ4n) is 1.44. The largest absolute Gasteiger partial charge is 0.438 e. The van der Waals surface area contributed by atoms with Crippen molar-refractivity contribution in [2.45, 2.75) is 13.3 Å². The molecule has 0 N–H and O–H groups in total. The lowest BCUT2D eigenvalue weighted by Gasteiger charge is -2.26. The van der Waals surface area contributed by atoms with Gasteiger partial charge in [-0.2, -0.15) is 0 Å². The van der Waals surface area contributed by atoms with Crippen molar-refractivity contribution < 1.29 is 22.7 Å². The van der Waals surface area contributed by atoms with Gasteiger partial charge in [-0.1, -0.05) is 6.92 Å². The van der Waals surface area contributed by atoms with E-state index < -0.39 is 9.84 Å². The molecular weight excluding hydrogens is 246 g/mol. The fraction of sp³-hybridized carbons (Fsp3) is 0.900. The van der Waals surface area contributed by atoms with Crippen LogP contribution in [-0.4, -0.2) is 63.8 Å². The van der Waals surface area contributed by atoms with Crippen LogP contribution < -0.4 is 0 Å². The van der Waals surface area contributed by atoms with Crippen LogP contribution in [0.4, 0.5) is 0 Å². The topological polar surface area (TPSA) is 72.9 Å². The molecule has 0 spiro atoms. The van der Waals surface area contributed by atoms with Crippen LogP contribution in [0.25, 0.3) is 0 Å². The number of sulfone groups is 1. The number of ether oxygens (including phenoxy) is 2. The van der Waals surface area contributed by atoms with Crippen LogP contribution in [0, 0.1) is 0 Å². The molecule has 0 aromatic heterocycles. The maximum absolute atomic E-state index is 11.2. The fourth-order valence-corrected chi connectivity index (χ4v) is 2.71. The lowest BCUT2D eigenvalue weighted by molar-refractivity contribution is -0.156. The predicted octanol–water partition coefficient (Wildman–Crippen LogP) is -0.356. The van der Waals surface area contributed by atoms with Crippen LogP contribution >= 0.6 is 0 Å². The zero-order valence-electron chi connectivity index (χ0n) is 10.1. The molecule has 1 saturated heterocycles. The number of rotatable bonds is 6. The highest BCUT2D eigenvalue weighted by atomic mass is 32.2. The second-order valence-electron chi connectivity index (χ2n) is 3.89. The second-order valence-corrected chi connectivity index (χ2v) is 6.19. The summed E-state index contributed by atoms with van der Waals surface area (Å²) in [6.07, 6.45) is 0.341. The molecule has 1 aliphatic rings. The summed E-state index contributed by atoms with van der Waals surface area (Å²) in [5.74, 6) is 0.157. The number of hydrogen-bond donors (Lipinski definition) is 0. The van der Waals surface area contributed by atoms with Gasteiger partial charge in [0.05, 0.1) is 18.1 Å². The molecule has 100 valence electrons. The minimum Gasteiger partial charge on any atom is -0.438 e. The van der Waals surface area contributed by atoms with Crippen LogP contribution in [-0.2, 0) is 24.1 Å². The first-order valence-electron chi connectivity index (χ1n) is 5.69. The lowest BCUT2D eigenvalue weighted by Crippen LogP contribution is -2.41. The minimum atomic E-state index is -2.82. The monoisotopic (exact) mass is 265 g/mol. The molecular formula is C10H19NO5S. The van der Waals surface area contributed by atoms with E-state index in [0.29, 0.717) is 32.7 Å².